The highest BCUT2D eigenvalue weighted by Gasteiger charge is 2.08. The van der Waals surface area contributed by atoms with Crippen LogP contribution in [0.5, 0.6) is 0 Å². The molecule has 0 amide bonds. The Labute approximate surface area is 96.4 Å². The largest absolute Gasteiger partial charge is 0.464 e. The van der Waals surface area contributed by atoms with Gasteiger partial charge in [-0.05, 0) is 45.1 Å². The first-order valence-corrected chi connectivity index (χ1v) is 5.47. The quantitative estimate of drug-likeness (QED) is 0.801. The number of nitrogens with one attached hydrogen (secondary N) is 1. The molecule has 0 aliphatic heterocycles. The van der Waals surface area contributed by atoms with Crippen molar-refractivity contribution in [2.24, 2.45) is 0 Å². The number of nitrogens with zero attached hydrogens (tertiary/aromatic N) is 1. The van der Waals surface area contributed by atoms with Gasteiger partial charge < -0.3 is 14.6 Å². The molecule has 1 aromatic heterocycles. The minimum Gasteiger partial charge on any atom is -0.464 e. The Morgan fingerprint density at radius 2 is 2.20 bits per heavy atom. The van der Waals surface area contributed by atoms with Crippen molar-refractivity contribution >= 4 is 17.3 Å². The average Bonchev–Trinajstić information content (AvgIpc) is 2.50. The minimum atomic E-state index is 0.360. The summed E-state index contributed by atoms with van der Waals surface area (Å²) >= 11 is 5.23. The molecule has 0 radical (unpaired) electrons. The highest BCUT2D eigenvalue weighted by molar-refractivity contribution is 7.80. The van der Waals surface area contributed by atoms with Crippen LogP contribution in [0.15, 0.2) is 16.5 Å². The van der Waals surface area contributed by atoms with E-state index in [1.807, 2.05) is 31.0 Å². The van der Waals surface area contributed by atoms with Gasteiger partial charge in [-0.25, -0.2) is 0 Å². The van der Waals surface area contributed by atoms with E-state index in [4.69, 9.17) is 16.6 Å². The van der Waals surface area contributed by atoms with E-state index >= 15 is 0 Å². The number of hydrogen-bond donors (Lipinski definition) is 1. The molecule has 4 heteroatoms. The van der Waals surface area contributed by atoms with Crippen LogP contribution in [0.3, 0.4) is 0 Å². The van der Waals surface area contributed by atoms with E-state index in [2.05, 4.69) is 19.2 Å². The molecule has 15 heavy (non-hydrogen) atoms. The van der Waals surface area contributed by atoms with Crippen LogP contribution in [0.2, 0.25) is 0 Å². The second kappa shape index (κ2) is 5.16. The maximum atomic E-state index is 5.48. The van der Waals surface area contributed by atoms with Gasteiger partial charge in [0.25, 0.3) is 0 Å². The molecule has 0 atom stereocenters. The van der Waals surface area contributed by atoms with E-state index in [1.165, 1.54) is 0 Å². The topological polar surface area (TPSA) is 28.4 Å². The number of rotatable bonds is 3. The number of hydrogen-bond acceptors (Lipinski definition) is 2. The predicted octanol–water partition coefficient (Wildman–Crippen LogP) is 2.30. The zero-order valence-electron chi connectivity index (χ0n) is 9.70. The maximum Gasteiger partial charge on any atom is 0.169 e. The van der Waals surface area contributed by atoms with Gasteiger partial charge in [0.05, 0.1) is 6.54 Å². The van der Waals surface area contributed by atoms with Gasteiger partial charge in [-0.1, -0.05) is 0 Å². The first-order valence-electron chi connectivity index (χ1n) is 5.06. The molecule has 0 saturated carbocycles. The van der Waals surface area contributed by atoms with E-state index in [9.17, 15) is 0 Å². The number of thiocarbonyl (C=S) groups is 1. The van der Waals surface area contributed by atoms with Crippen molar-refractivity contribution in [3.05, 3.63) is 23.7 Å². The number of furan rings is 1. The smallest absolute Gasteiger partial charge is 0.169 e. The lowest BCUT2D eigenvalue weighted by Gasteiger charge is -2.21. The highest BCUT2D eigenvalue weighted by atomic mass is 32.1. The van der Waals surface area contributed by atoms with Crippen molar-refractivity contribution in [2.45, 2.75) is 33.4 Å². The molecule has 1 heterocycles. The van der Waals surface area contributed by atoms with E-state index < -0.39 is 0 Å². The number of aryl methyl sites for hydroxylation is 1. The van der Waals surface area contributed by atoms with Crippen molar-refractivity contribution < 1.29 is 4.42 Å². The Morgan fingerprint density at radius 3 is 2.67 bits per heavy atom. The average molecular weight is 226 g/mol. The third-order valence-electron chi connectivity index (χ3n) is 1.95. The molecule has 1 N–H and O–H groups in total. The van der Waals surface area contributed by atoms with Crippen LogP contribution in [-0.4, -0.2) is 23.1 Å². The Balaban J connectivity index is 2.48. The second-order valence-corrected chi connectivity index (χ2v) is 4.36. The molecule has 1 rings (SSSR count). The normalized spacial score (nSPS) is 10.5. The molecule has 0 fully saturated rings. The fourth-order valence-corrected chi connectivity index (χ4v) is 1.53. The van der Waals surface area contributed by atoms with Crippen LogP contribution in [0.4, 0.5) is 0 Å². The summed E-state index contributed by atoms with van der Waals surface area (Å²) in [4.78, 5) is 1.97. The monoisotopic (exact) mass is 226 g/mol. The van der Waals surface area contributed by atoms with Crippen LogP contribution in [0.25, 0.3) is 0 Å². The zero-order chi connectivity index (χ0) is 11.4. The van der Waals surface area contributed by atoms with E-state index in [1.54, 1.807) is 0 Å². The summed E-state index contributed by atoms with van der Waals surface area (Å²) in [6, 6.07) is 4.30. The van der Waals surface area contributed by atoms with Crippen molar-refractivity contribution in [1.29, 1.82) is 0 Å². The van der Waals surface area contributed by atoms with Gasteiger partial charge >= 0.3 is 0 Å². The van der Waals surface area contributed by atoms with Crippen molar-refractivity contribution in [3.8, 4) is 0 Å². The Hall–Kier alpha value is -1.03. The summed E-state index contributed by atoms with van der Waals surface area (Å²) in [5.41, 5.74) is 0. The summed E-state index contributed by atoms with van der Waals surface area (Å²) < 4.78 is 5.48. The van der Waals surface area contributed by atoms with Crippen LogP contribution in [0, 0.1) is 6.92 Å². The molecule has 84 valence electrons. The third-order valence-corrected chi connectivity index (χ3v) is 2.38. The van der Waals surface area contributed by atoms with E-state index in [0.29, 0.717) is 12.6 Å². The Morgan fingerprint density at radius 1 is 1.53 bits per heavy atom. The van der Waals surface area contributed by atoms with Gasteiger partial charge in [-0.15, -0.1) is 0 Å². The predicted molar refractivity (Wildman–Crippen MR) is 65.8 cm³/mol. The van der Waals surface area contributed by atoms with Crippen LogP contribution in [0.1, 0.15) is 25.4 Å². The second-order valence-electron chi connectivity index (χ2n) is 3.97. The minimum absolute atomic E-state index is 0.360. The van der Waals surface area contributed by atoms with Gasteiger partial charge in [0.15, 0.2) is 5.11 Å². The van der Waals surface area contributed by atoms with E-state index in [0.717, 1.165) is 16.6 Å². The van der Waals surface area contributed by atoms with Gasteiger partial charge in [0, 0.05) is 13.1 Å². The first kappa shape index (κ1) is 12.0. The van der Waals surface area contributed by atoms with Crippen molar-refractivity contribution in [3.63, 3.8) is 0 Å². The summed E-state index contributed by atoms with van der Waals surface area (Å²) in [5, 5.41) is 3.93. The van der Waals surface area contributed by atoms with Crippen molar-refractivity contribution in [1.82, 2.24) is 10.2 Å². The van der Waals surface area contributed by atoms with Crippen LogP contribution >= 0.6 is 12.2 Å². The zero-order valence-corrected chi connectivity index (χ0v) is 10.5. The third kappa shape index (κ3) is 3.91. The summed E-state index contributed by atoms with van der Waals surface area (Å²) in [6.45, 7) is 6.77. The molecular weight excluding hydrogens is 208 g/mol. The lowest BCUT2D eigenvalue weighted by Crippen LogP contribution is -2.40. The van der Waals surface area contributed by atoms with Gasteiger partial charge in [0.1, 0.15) is 11.5 Å². The lowest BCUT2D eigenvalue weighted by atomic mass is 10.4. The molecule has 1 aromatic rings. The molecule has 0 saturated heterocycles. The molecule has 3 nitrogen and oxygen atoms in total. The standard InChI is InChI=1S/C11H18N2OS/c1-8(2)12-11(15)13(4)7-10-6-5-9(3)14-10/h5-6,8H,7H2,1-4H3,(H,12,15). The van der Waals surface area contributed by atoms with Crippen LogP contribution < -0.4 is 5.32 Å². The fourth-order valence-electron chi connectivity index (χ4n) is 1.23. The highest BCUT2D eigenvalue weighted by Crippen LogP contribution is 2.08. The van der Waals surface area contributed by atoms with Crippen molar-refractivity contribution in [2.75, 3.05) is 7.05 Å². The first-order chi connectivity index (χ1) is 6.99. The van der Waals surface area contributed by atoms with Gasteiger partial charge in [-0.2, -0.15) is 0 Å². The Kier molecular flexibility index (Phi) is 4.15. The SMILES string of the molecule is Cc1ccc(CN(C)C(=S)NC(C)C)o1. The molecular formula is C11H18N2OS. The molecule has 0 aliphatic rings. The molecule has 0 aromatic carbocycles. The molecule has 0 bridgehead atoms. The lowest BCUT2D eigenvalue weighted by molar-refractivity contribution is 0.394. The summed E-state index contributed by atoms with van der Waals surface area (Å²) in [7, 11) is 1.95. The van der Waals surface area contributed by atoms with Gasteiger partial charge in [-0.3, -0.25) is 0 Å². The van der Waals surface area contributed by atoms with E-state index in [-0.39, 0.29) is 0 Å². The summed E-state index contributed by atoms with van der Waals surface area (Å²) in [5.74, 6) is 1.86. The fraction of sp³-hybridized carbons (Fsp3) is 0.545. The maximum absolute atomic E-state index is 5.48. The summed E-state index contributed by atoms with van der Waals surface area (Å²) in [6.07, 6.45) is 0. The Bertz CT molecular complexity index is 333. The molecule has 0 unspecified atom stereocenters. The van der Waals surface area contributed by atoms with Crippen LogP contribution in [-0.2, 0) is 6.54 Å². The molecule has 0 aliphatic carbocycles. The van der Waals surface area contributed by atoms with Gasteiger partial charge in [0.2, 0.25) is 0 Å². The molecule has 0 spiro atoms.